The Morgan fingerprint density at radius 2 is 1.85 bits per heavy atom. The zero-order chi connectivity index (χ0) is 27.9. The first kappa shape index (κ1) is 27.8. The van der Waals surface area contributed by atoms with E-state index < -0.39 is 18.0 Å². The van der Waals surface area contributed by atoms with Crippen LogP contribution in [0.5, 0.6) is 0 Å². The van der Waals surface area contributed by atoms with Crippen LogP contribution >= 0.6 is 35.1 Å². The molecule has 1 aliphatic rings. The first-order chi connectivity index (χ1) is 18.6. The van der Waals surface area contributed by atoms with Gasteiger partial charge in [0.1, 0.15) is 17.5 Å². The van der Waals surface area contributed by atoms with Crippen molar-refractivity contribution in [1.82, 2.24) is 18.8 Å². The number of morpholine rings is 1. The van der Waals surface area contributed by atoms with Gasteiger partial charge in [-0.25, -0.2) is 4.98 Å². The van der Waals surface area contributed by atoms with Gasteiger partial charge in [0.2, 0.25) is 0 Å². The third kappa shape index (κ3) is 5.49. The van der Waals surface area contributed by atoms with Gasteiger partial charge < -0.3 is 14.7 Å². The number of rotatable bonds is 6. The Hall–Kier alpha value is -2.76. The minimum Gasteiger partial charge on any atom is -0.382 e. The van der Waals surface area contributed by atoms with Gasteiger partial charge >= 0.3 is 6.18 Å². The van der Waals surface area contributed by atoms with E-state index in [0.29, 0.717) is 48.6 Å². The number of aliphatic hydroxyl groups excluding tert-OH is 1. The SMILES string of the molecule is C=C(c1ncc(Cl)c(C(O)c2cc3c(C)cc(C(F)(F)F)nc3n2Sc2ccccc2)c1Cl)N1CCOCC1. The van der Waals surface area contributed by atoms with Crippen LogP contribution in [-0.4, -0.2) is 50.3 Å². The Kier molecular flexibility index (Phi) is 7.85. The zero-order valence-electron chi connectivity index (χ0n) is 20.7. The second-order valence-corrected chi connectivity index (χ2v) is 10.8. The van der Waals surface area contributed by atoms with Crippen LogP contribution in [0, 0.1) is 6.92 Å². The van der Waals surface area contributed by atoms with Crippen LogP contribution in [0.25, 0.3) is 16.7 Å². The zero-order valence-corrected chi connectivity index (χ0v) is 23.0. The molecule has 0 radical (unpaired) electrons. The van der Waals surface area contributed by atoms with Crippen LogP contribution in [-0.2, 0) is 10.9 Å². The fraction of sp³-hybridized carbons (Fsp3) is 0.259. The van der Waals surface area contributed by atoms with Gasteiger partial charge in [0.15, 0.2) is 5.65 Å². The highest BCUT2D eigenvalue weighted by atomic mass is 35.5. The van der Waals surface area contributed by atoms with Crippen molar-refractivity contribution in [3.63, 3.8) is 0 Å². The molecule has 1 N–H and O–H groups in total. The number of aromatic nitrogens is 3. The molecular formula is C27H23Cl2F3N4O2S. The molecule has 39 heavy (non-hydrogen) atoms. The molecule has 4 heterocycles. The topological polar surface area (TPSA) is 63.4 Å². The molecule has 0 saturated carbocycles. The largest absolute Gasteiger partial charge is 0.433 e. The molecule has 3 aromatic heterocycles. The van der Waals surface area contributed by atoms with Crippen LogP contribution < -0.4 is 0 Å². The van der Waals surface area contributed by atoms with Crippen molar-refractivity contribution in [2.24, 2.45) is 0 Å². The number of benzene rings is 1. The summed E-state index contributed by atoms with van der Waals surface area (Å²) in [6.07, 6.45) is -4.67. The summed E-state index contributed by atoms with van der Waals surface area (Å²) in [6, 6.07) is 11.7. The maximum absolute atomic E-state index is 13.7. The first-order valence-electron chi connectivity index (χ1n) is 11.9. The number of fused-ring (bicyclic) bond motifs is 1. The van der Waals surface area contributed by atoms with Crippen LogP contribution in [0.2, 0.25) is 10.0 Å². The van der Waals surface area contributed by atoms with Gasteiger partial charge in [-0.3, -0.25) is 8.96 Å². The van der Waals surface area contributed by atoms with Gasteiger partial charge in [0.05, 0.1) is 34.6 Å². The second kappa shape index (κ2) is 11.0. The summed E-state index contributed by atoms with van der Waals surface area (Å²) in [5.41, 5.74) is 0.733. The number of hydrogen-bond acceptors (Lipinski definition) is 6. The molecule has 5 rings (SSSR count). The van der Waals surface area contributed by atoms with Crippen molar-refractivity contribution in [3.05, 3.63) is 93.5 Å². The maximum Gasteiger partial charge on any atom is 0.433 e. The monoisotopic (exact) mass is 594 g/mol. The number of pyridine rings is 2. The minimum absolute atomic E-state index is 0.0597. The number of alkyl halides is 3. The molecule has 0 bridgehead atoms. The van der Waals surface area contributed by atoms with E-state index in [0.717, 1.165) is 22.9 Å². The van der Waals surface area contributed by atoms with E-state index in [4.69, 9.17) is 27.9 Å². The summed E-state index contributed by atoms with van der Waals surface area (Å²) in [5, 5.41) is 12.4. The molecule has 1 fully saturated rings. The van der Waals surface area contributed by atoms with Crippen LogP contribution in [0.1, 0.15) is 34.3 Å². The molecule has 204 valence electrons. The highest BCUT2D eigenvalue weighted by Crippen LogP contribution is 2.42. The highest BCUT2D eigenvalue weighted by Gasteiger charge is 2.35. The summed E-state index contributed by atoms with van der Waals surface area (Å²) >= 11 is 14.4. The summed E-state index contributed by atoms with van der Waals surface area (Å²) < 4.78 is 47.9. The molecule has 1 aliphatic heterocycles. The Morgan fingerprint density at radius 1 is 1.15 bits per heavy atom. The van der Waals surface area contributed by atoms with Crippen molar-refractivity contribution in [2.75, 3.05) is 26.3 Å². The predicted octanol–water partition coefficient (Wildman–Crippen LogP) is 7.01. The number of halogens is 5. The van der Waals surface area contributed by atoms with E-state index in [9.17, 15) is 18.3 Å². The Morgan fingerprint density at radius 3 is 2.51 bits per heavy atom. The molecule has 0 aliphatic carbocycles. The average molecular weight is 595 g/mol. The van der Waals surface area contributed by atoms with E-state index >= 15 is 0 Å². The smallest absolute Gasteiger partial charge is 0.382 e. The van der Waals surface area contributed by atoms with Gasteiger partial charge in [-0.1, -0.05) is 48.0 Å². The number of aliphatic hydroxyl groups is 1. The van der Waals surface area contributed by atoms with Crippen LogP contribution in [0.3, 0.4) is 0 Å². The van der Waals surface area contributed by atoms with Gasteiger partial charge in [-0.15, -0.1) is 0 Å². The van der Waals surface area contributed by atoms with Gasteiger partial charge in [-0.05, 0) is 48.7 Å². The minimum atomic E-state index is -4.64. The quantitative estimate of drug-likeness (QED) is 0.259. The maximum atomic E-state index is 13.7. The molecule has 1 atom stereocenters. The third-order valence-corrected chi connectivity index (χ3v) is 8.16. The van der Waals surface area contributed by atoms with Crippen molar-refractivity contribution in [1.29, 1.82) is 0 Å². The van der Waals surface area contributed by atoms with Gasteiger partial charge in [0, 0.05) is 35.1 Å². The highest BCUT2D eigenvalue weighted by molar-refractivity contribution is 7.98. The molecule has 6 nitrogen and oxygen atoms in total. The number of hydrogen-bond donors (Lipinski definition) is 1. The van der Waals surface area contributed by atoms with E-state index in [2.05, 4.69) is 16.5 Å². The van der Waals surface area contributed by atoms with E-state index in [1.807, 2.05) is 35.2 Å². The lowest BCUT2D eigenvalue weighted by atomic mass is 10.0. The lowest BCUT2D eigenvalue weighted by molar-refractivity contribution is -0.141. The summed E-state index contributed by atoms with van der Waals surface area (Å²) in [4.78, 5) is 11.0. The lowest BCUT2D eigenvalue weighted by Gasteiger charge is -2.30. The Labute approximate surface area is 237 Å². The fourth-order valence-corrected chi connectivity index (χ4v) is 6.04. The fourth-order valence-electron chi connectivity index (χ4n) is 4.41. The van der Waals surface area contributed by atoms with Crippen molar-refractivity contribution >= 4 is 51.9 Å². The number of aryl methyl sites for hydroxylation is 1. The number of ether oxygens (including phenoxy) is 1. The van der Waals surface area contributed by atoms with Crippen molar-refractivity contribution < 1.29 is 23.0 Å². The number of nitrogens with zero attached hydrogens (tertiary/aromatic N) is 4. The molecule has 1 saturated heterocycles. The molecule has 1 aromatic carbocycles. The summed E-state index contributed by atoms with van der Waals surface area (Å²) in [7, 11) is 0. The molecule has 12 heteroatoms. The molecule has 0 amide bonds. The lowest BCUT2D eigenvalue weighted by Crippen LogP contribution is -2.35. The third-order valence-electron chi connectivity index (χ3n) is 6.42. The molecular weight excluding hydrogens is 572 g/mol. The average Bonchev–Trinajstić information content (AvgIpc) is 3.28. The second-order valence-electron chi connectivity index (χ2n) is 8.96. The van der Waals surface area contributed by atoms with E-state index in [-0.39, 0.29) is 26.9 Å². The van der Waals surface area contributed by atoms with Gasteiger partial charge in [-0.2, -0.15) is 13.2 Å². The van der Waals surface area contributed by atoms with Crippen LogP contribution in [0.15, 0.2) is 60.1 Å². The Balaban J connectivity index is 1.66. The normalized spacial score (nSPS) is 15.1. The molecule has 0 spiro atoms. The first-order valence-corrected chi connectivity index (χ1v) is 13.5. The summed E-state index contributed by atoms with van der Waals surface area (Å²) in [6.45, 7) is 7.98. The van der Waals surface area contributed by atoms with Crippen LogP contribution in [0.4, 0.5) is 13.2 Å². The predicted molar refractivity (Wildman–Crippen MR) is 147 cm³/mol. The Bertz CT molecular complexity index is 1540. The van der Waals surface area contributed by atoms with Crippen molar-refractivity contribution in [3.8, 4) is 0 Å². The summed E-state index contributed by atoms with van der Waals surface area (Å²) in [5.74, 6) is 0. The van der Waals surface area contributed by atoms with E-state index in [1.165, 1.54) is 10.2 Å². The molecule has 4 aromatic rings. The van der Waals surface area contributed by atoms with E-state index in [1.54, 1.807) is 13.0 Å². The standard InChI is InChI=1S/C27H23Cl2F3N4O2S/c1-15-12-21(27(30,31)32)34-26-18(15)13-20(36(26)39-17-6-4-3-5-7-17)25(37)22-19(28)14-33-24(23(22)29)16(2)35-8-10-38-11-9-35/h3-7,12-14,25,37H,2,8-11H2,1H3. The van der Waals surface area contributed by atoms with Gasteiger partial charge in [0.25, 0.3) is 0 Å². The van der Waals surface area contributed by atoms with Crippen molar-refractivity contribution in [2.45, 2.75) is 24.1 Å². The molecule has 1 unspecified atom stereocenters.